The van der Waals surface area contributed by atoms with Gasteiger partial charge in [-0.2, -0.15) is 5.10 Å². The number of hydrogen-bond donors (Lipinski definition) is 1. The van der Waals surface area contributed by atoms with E-state index in [2.05, 4.69) is 22.7 Å². The molecule has 0 atom stereocenters. The van der Waals surface area contributed by atoms with Crippen molar-refractivity contribution in [3.63, 3.8) is 0 Å². The van der Waals surface area contributed by atoms with Gasteiger partial charge in [-0.25, -0.2) is 5.43 Å². The van der Waals surface area contributed by atoms with E-state index in [1.165, 1.54) is 34.7 Å². The van der Waals surface area contributed by atoms with E-state index in [0.29, 0.717) is 0 Å². The second-order valence-corrected chi connectivity index (χ2v) is 6.13. The quantitative estimate of drug-likeness (QED) is 0.445. The lowest BCUT2D eigenvalue weighted by molar-refractivity contribution is -0.385. The highest BCUT2D eigenvalue weighted by molar-refractivity contribution is 6.04. The van der Waals surface area contributed by atoms with Gasteiger partial charge in [-0.15, -0.1) is 0 Å². The van der Waals surface area contributed by atoms with Crippen molar-refractivity contribution in [3.05, 3.63) is 87.0 Å². The van der Waals surface area contributed by atoms with Crippen LogP contribution in [-0.4, -0.2) is 17.0 Å². The Morgan fingerprint density at radius 3 is 2.62 bits per heavy atom. The molecule has 0 radical (unpaired) electrons. The molecule has 1 aliphatic rings. The smallest absolute Gasteiger partial charge is 0.267 e. The summed E-state index contributed by atoms with van der Waals surface area (Å²) in [5.41, 5.74) is 5.67. The van der Waals surface area contributed by atoms with Gasteiger partial charge in [0.25, 0.3) is 11.6 Å². The predicted molar refractivity (Wildman–Crippen MR) is 99.5 cm³/mol. The minimum absolute atomic E-state index is 0.0185. The first kappa shape index (κ1) is 16.0. The number of para-hydroxylation sites is 1. The maximum Gasteiger partial charge on any atom is 0.282 e. The van der Waals surface area contributed by atoms with Crippen molar-refractivity contribution in [2.24, 2.45) is 5.10 Å². The molecule has 0 spiro atoms. The third-order valence-corrected chi connectivity index (χ3v) is 4.63. The summed E-state index contributed by atoms with van der Waals surface area (Å²) in [4.78, 5) is 22.7. The molecule has 1 amide bonds. The van der Waals surface area contributed by atoms with Crippen LogP contribution in [-0.2, 0) is 12.8 Å². The van der Waals surface area contributed by atoms with Gasteiger partial charge < -0.3 is 0 Å². The lowest BCUT2D eigenvalue weighted by atomic mass is 10.0. The van der Waals surface area contributed by atoms with Crippen molar-refractivity contribution in [1.29, 1.82) is 0 Å². The first-order valence-electron chi connectivity index (χ1n) is 8.25. The van der Waals surface area contributed by atoms with Gasteiger partial charge >= 0.3 is 0 Å². The molecule has 1 aliphatic carbocycles. The summed E-state index contributed by atoms with van der Waals surface area (Å²) in [6, 6.07) is 16.1. The summed E-state index contributed by atoms with van der Waals surface area (Å²) in [6.07, 6.45) is 3.66. The zero-order chi connectivity index (χ0) is 18.1. The molecule has 0 saturated heterocycles. The minimum Gasteiger partial charge on any atom is -0.267 e. The van der Waals surface area contributed by atoms with Crippen molar-refractivity contribution < 1.29 is 9.72 Å². The van der Waals surface area contributed by atoms with E-state index in [9.17, 15) is 14.9 Å². The van der Waals surface area contributed by atoms with Gasteiger partial charge in [-0.1, -0.05) is 42.5 Å². The molecule has 3 aromatic rings. The molecule has 0 fully saturated rings. The fraction of sp³-hybridized carbons (Fsp3) is 0.100. The number of amides is 1. The Morgan fingerprint density at radius 2 is 1.81 bits per heavy atom. The van der Waals surface area contributed by atoms with Crippen molar-refractivity contribution in [1.82, 2.24) is 5.43 Å². The molecule has 0 aromatic heterocycles. The van der Waals surface area contributed by atoms with Crippen molar-refractivity contribution in [2.45, 2.75) is 12.8 Å². The van der Waals surface area contributed by atoms with Crippen LogP contribution in [0.2, 0.25) is 0 Å². The van der Waals surface area contributed by atoms with Crippen LogP contribution >= 0.6 is 0 Å². The molecule has 4 rings (SSSR count). The highest BCUT2D eigenvalue weighted by Crippen LogP contribution is 2.32. The Balaban J connectivity index is 1.60. The number of nitrogens with zero attached hydrogens (tertiary/aromatic N) is 2. The minimum atomic E-state index is -0.612. The van der Waals surface area contributed by atoms with Crippen molar-refractivity contribution in [3.8, 4) is 0 Å². The average Bonchev–Trinajstić information content (AvgIpc) is 3.08. The van der Waals surface area contributed by atoms with Crippen LogP contribution in [0.4, 0.5) is 5.69 Å². The Kier molecular flexibility index (Phi) is 3.93. The number of aryl methyl sites for hydroxylation is 2. The number of hydrazone groups is 1. The lowest BCUT2D eigenvalue weighted by Crippen LogP contribution is -2.19. The zero-order valence-electron chi connectivity index (χ0n) is 13.8. The van der Waals surface area contributed by atoms with Crippen molar-refractivity contribution >= 4 is 28.6 Å². The third kappa shape index (κ3) is 2.71. The first-order valence-corrected chi connectivity index (χ1v) is 8.25. The van der Waals surface area contributed by atoms with Gasteiger partial charge in [0, 0.05) is 11.6 Å². The number of nitro benzene ring substituents is 1. The summed E-state index contributed by atoms with van der Waals surface area (Å²) < 4.78 is 0. The lowest BCUT2D eigenvalue weighted by Gasteiger charge is -2.05. The summed E-state index contributed by atoms with van der Waals surface area (Å²) in [6.45, 7) is 0. The van der Waals surface area contributed by atoms with Gasteiger partial charge in [0.05, 0.1) is 11.1 Å². The summed E-state index contributed by atoms with van der Waals surface area (Å²) in [5, 5.41) is 17.4. The van der Waals surface area contributed by atoms with E-state index in [-0.39, 0.29) is 11.3 Å². The van der Waals surface area contributed by atoms with E-state index in [4.69, 9.17) is 0 Å². The second kappa shape index (κ2) is 6.40. The largest absolute Gasteiger partial charge is 0.282 e. The third-order valence-electron chi connectivity index (χ3n) is 4.63. The molecule has 3 aromatic carbocycles. The molecule has 26 heavy (non-hydrogen) atoms. The van der Waals surface area contributed by atoms with Crippen LogP contribution in [0.15, 0.2) is 59.7 Å². The molecule has 0 heterocycles. The van der Waals surface area contributed by atoms with Crippen LogP contribution in [0.25, 0.3) is 10.8 Å². The fourth-order valence-electron chi connectivity index (χ4n) is 3.43. The van der Waals surface area contributed by atoms with Gasteiger partial charge in [0.1, 0.15) is 5.56 Å². The van der Waals surface area contributed by atoms with E-state index in [0.717, 1.165) is 23.8 Å². The molecule has 128 valence electrons. The molecule has 0 aliphatic heterocycles. The van der Waals surface area contributed by atoms with Gasteiger partial charge in [0.15, 0.2) is 0 Å². The summed E-state index contributed by atoms with van der Waals surface area (Å²) in [5.74, 6) is -0.612. The highest BCUT2D eigenvalue weighted by atomic mass is 16.6. The topological polar surface area (TPSA) is 84.6 Å². The van der Waals surface area contributed by atoms with E-state index in [1.807, 2.05) is 18.2 Å². The second-order valence-electron chi connectivity index (χ2n) is 6.13. The Labute approximate surface area is 149 Å². The standard InChI is InChI=1S/C20H15N3O3/c24-20(17-5-1-2-7-18(17)23(25)26)22-21-12-15-11-10-14-9-8-13-4-3-6-16(15)19(13)14/h1-7,10-12H,8-9H2,(H,22,24)/b21-12+. The maximum absolute atomic E-state index is 12.2. The normalized spacial score (nSPS) is 12.6. The molecular weight excluding hydrogens is 330 g/mol. The number of rotatable bonds is 4. The van der Waals surface area contributed by atoms with Crippen LogP contribution < -0.4 is 5.43 Å². The number of hydrogen-bond acceptors (Lipinski definition) is 4. The van der Waals surface area contributed by atoms with Gasteiger partial charge in [-0.05, 0) is 40.8 Å². The Bertz CT molecular complexity index is 1060. The fourth-order valence-corrected chi connectivity index (χ4v) is 3.43. The summed E-state index contributed by atoms with van der Waals surface area (Å²) >= 11 is 0. The Hall–Kier alpha value is -3.54. The van der Waals surface area contributed by atoms with Crippen LogP contribution in [0.5, 0.6) is 0 Å². The molecular formula is C20H15N3O3. The van der Waals surface area contributed by atoms with E-state index in [1.54, 1.807) is 12.3 Å². The van der Waals surface area contributed by atoms with Gasteiger partial charge in [-0.3, -0.25) is 14.9 Å². The molecule has 0 saturated carbocycles. The van der Waals surface area contributed by atoms with Crippen LogP contribution in [0, 0.1) is 10.1 Å². The van der Waals surface area contributed by atoms with Crippen LogP contribution in [0.3, 0.4) is 0 Å². The number of nitro groups is 1. The van der Waals surface area contributed by atoms with Crippen LogP contribution in [0.1, 0.15) is 27.0 Å². The number of carbonyl (C=O) groups excluding carboxylic acids is 1. The monoisotopic (exact) mass is 345 g/mol. The molecule has 1 N–H and O–H groups in total. The molecule has 6 nitrogen and oxygen atoms in total. The Morgan fingerprint density at radius 1 is 1.04 bits per heavy atom. The molecule has 0 bridgehead atoms. The number of nitrogens with one attached hydrogen (secondary N) is 1. The number of carbonyl (C=O) groups is 1. The van der Waals surface area contributed by atoms with Crippen molar-refractivity contribution in [2.75, 3.05) is 0 Å². The van der Waals surface area contributed by atoms with E-state index >= 15 is 0 Å². The zero-order valence-corrected chi connectivity index (χ0v) is 13.8. The highest BCUT2D eigenvalue weighted by Gasteiger charge is 2.19. The number of benzene rings is 3. The van der Waals surface area contributed by atoms with Gasteiger partial charge in [0.2, 0.25) is 0 Å². The maximum atomic E-state index is 12.2. The molecule has 0 unspecified atom stereocenters. The predicted octanol–water partition coefficient (Wildman–Crippen LogP) is 3.61. The first-order chi connectivity index (χ1) is 12.6. The molecule has 6 heteroatoms. The SMILES string of the molecule is O=C(N/N=C/c1ccc2c3c(cccc13)CC2)c1ccccc1[N+](=O)[O-]. The van der Waals surface area contributed by atoms with E-state index < -0.39 is 10.8 Å². The average molecular weight is 345 g/mol. The summed E-state index contributed by atoms with van der Waals surface area (Å²) in [7, 11) is 0.